The molecule has 2 amide bonds. The van der Waals surface area contributed by atoms with Gasteiger partial charge < -0.3 is 20.5 Å². The van der Waals surface area contributed by atoms with E-state index in [1.54, 1.807) is 0 Å². The second-order valence-electron chi connectivity index (χ2n) is 5.36. The standard InChI is InChI=1S/C14H24N2O5/c1-21-12(17)9-11(13(18)19)16-14(20)15-8-4-7-10-5-2-3-6-10/h10-11H,2-9H2,1H3,(H,18,19)(H2,15,16,20)/t11-/m0/s1. The summed E-state index contributed by atoms with van der Waals surface area (Å²) in [6.45, 7) is 0.507. The maximum Gasteiger partial charge on any atom is 0.326 e. The summed E-state index contributed by atoms with van der Waals surface area (Å²) in [5.41, 5.74) is 0. The minimum atomic E-state index is -1.27. The first kappa shape index (κ1) is 17.3. The maximum absolute atomic E-state index is 11.6. The van der Waals surface area contributed by atoms with E-state index >= 15 is 0 Å². The normalized spacial score (nSPS) is 16.2. The molecule has 0 radical (unpaired) electrons. The number of esters is 1. The van der Waals surface area contributed by atoms with Crippen molar-refractivity contribution in [1.82, 2.24) is 10.6 Å². The van der Waals surface area contributed by atoms with E-state index in [0.29, 0.717) is 6.54 Å². The molecule has 0 aromatic heterocycles. The van der Waals surface area contributed by atoms with Crippen LogP contribution in [-0.4, -0.2) is 42.8 Å². The van der Waals surface area contributed by atoms with Crippen LogP contribution >= 0.6 is 0 Å². The SMILES string of the molecule is COC(=O)C[C@H](NC(=O)NCCCC1CCCC1)C(=O)O. The van der Waals surface area contributed by atoms with Gasteiger partial charge in [0.25, 0.3) is 0 Å². The average Bonchev–Trinajstić information content (AvgIpc) is 2.95. The van der Waals surface area contributed by atoms with Crippen LogP contribution in [0.25, 0.3) is 0 Å². The number of ether oxygens (including phenoxy) is 1. The summed E-state index contributed by atoms with van der Waals surface area (Å²) >= 11 is 0. The van der Waals surface area contributed by atoms with Gasteiger partial charge in [-0.05, 0) is 18.8 Å². The molecule has 0 aromatic carbocycles. The summed E-state index contributed by atoms with van der Waals surface area (Å²) in [6.07, 6.45) is 6.72. The molecule has 0 bridgehead atoms. The number of methoxy groups -OCH3 is 1. The topological polar surface area (TPSA) is 105 Å². The number of rotatable bonds is 8. The molecule has 1 fully saturated rings. The minimum Gasteiger partial charge on any atom is -0.480 e. The van der Waals surface area contributed by atoms with E-state index in [4.69, 9.17) is 5.11 Å². The lowest BCUT2D eigenvalue weighted by atomic mass is 10.0. The van der Waals surface area contributed by atoms with Crippen molar-refractivity contribution >= 4 is 18.0 Å². The summed E-state index contributed by atoms with van der Waals surface area (Å²) in [4.78, 5) is 33.6. The summed E-state index contributed by atoms with van der Waals surface area (Å²) in [5, 5.41) is 13.8. The Kier molecular flexibility index (Phi) is 7.56. The molecule has 1 saturated carbocycles. The number of carbonyl (C=O) groups excluding carboxylic acids is 2. The van der Waals surface area contributed by atoms with Crippen LogP contribution in [0.4, 0.5) is 4.79 Å². The Labute approximate surface area is 124 Å². The predicted molar refractivity (Wildman–Crippen MR) is 75.8 cm³/mol. The second kappa shape index (κ2) is 9.20. The van der Waals surface area contributed by atoms with Crippen molar-refractivity contribution in [3.05, 3.63) is 0 Å². The number of hydrogen-bond acceptors (Lipinski definition) is 4. The third kappa shape index (κ3) is 6.97. The molecule has 0 unspecified atom stereocenters. The first-order chi connectivity index (χ1) is 10.0. The van der Waals surface area contributed by atoms with Crippen molar-refractivity contribution in [2.24, 2.45) is 5.92 Å². The zero-order chi connectivity index (χ0) is 15.7. The molecule has 7 heteroatoms. The van der Waals surface area contributed by atoms with Crippen molar-refractivity contribution < 1.29 is 24.2 Å². The van der Waals surface area contributed by atoms with E-state index in [1.807, 2.05) is 0 Å². The fourth-order valence-electron chi connectivity index (χ4n) is 2.55. The Morgan fingerprint density at radius 2 is 1.95 bits per heavy atom. The lowest BCUT2D eigenvalue weighted by Crippen LogP contribution is -2.47. The first-order valence-electron chi connectivity index (χ1n) is 7.37. The predicted octanol–water partition coefficient (Wildman–Crippen LogP) is 1.27. The van der Waals surface area contributed by atoms with E-state index in [0.717, 1.165) is 18.8 Å². The van der Waals surface area contributed by atoms with Crippen molar-refractivity contribution in [1.29, 1.82) is 0 Å². The highest BCUT2D eigenvalue weighted by Crippen LogP contribution is 2.28. The number of hydrogen-bond donors (Lipinski definition) is 3. The van der Waals surface area contributed by atoms with Gasteiger partial charge in [-0.15, -0.1) is 0 Å². The third-order valence-corrected chi connectivity index (χ3v) is 3.75. The van der Waals surface area contributed by atoms with Crippen molar-refractivity contribution in [2.45, 2.75) is 51.0 Å². The van der Waals surface area contributed by atoms with Gasteiger partial charge in [0.15, 0.2) is 0 Å². The van der Waals surface area contributed by atoms with Crippen LogP contribution in [0, 0.1) is 5.92 Å². The van der Waals surface area contributed by atoms with E-state index in [9.17, 15) is 14.4 Å². The first-order valence-corrected chi connectivity index (χ1v) is 7.37. The number of carboxylic acid groups (broad SMARTS) is 1. The van der Waals surface area contributed by atoms with Crippen LogP contribution in [0.2, 0.25) is 0 Å². The number of carboxylic acids is 1. The molecule has 0 saturated heterocycles. The van der Waals surface area contributed by atoms with Crippen LogP contribution in [0.1, 0.15) is 44.9 Å². The molecule has 1 aliphatic carbocycles. The quantitative estimate of drug-likeness (QED) is 0.462. The number of aliphatic carboxylic acids is 1. The van der Waals surface area contributed by atoms with Gasteiger partial charge >= 0.3 is 18.0 Å². The lowest BCUT2D eigenvalue weighted by molar-refractivity contribution is -0.147. The Balaban J connectivity index is 2.20. The molecule has 0 spiro atoms. The van der Waals surface area contributed by atoms with E-state index in [2.05, 4.69) is 15.4 Å². The van der Waals surface area contributed by atoms with Crippen LogP contribution in [-0.2, 0) is 14.3 Å². The van der Waals surface area contributed by atoms with Crippen molar-refractivity contribution in [3.63, 3.8) is 0 Å². The minimum absolute atomic E-state index is 0.388. The highest BCUT2D eigenvalue weighted by atomic mass is 16.5. The van der Waals surface area contributed by atoms with Gasteiger partial charge in [0.1, 0.15) is 6.04 Å². The molecule has 7 nitrogen and oxygen atoms in total. The molecular formula is C14H24N2O5. The second-order valence-corrected chi connectivity index (χ2v) is 5.36. The smallest absolute Gasteiger partial charge is 0.326 e. The van der Waals surface area contributed by atoms with Gasteiger partial charge in [-0.1, -0.05) is 25.7 Å². The van der Waals surface area contributed by atoms with Gasteiger partial charge in [0.2, 0.25) is 0 Å². The highest BCUT2D eigenvalue weighted by Gasteiger charge is 2.23. The molecule has 3 N–H and O–H groups in total. The van der Waals surface area contributed by atoms with Crippen molar-refractivity contribution in [2.75, 3.05) is 13.7 Å². The summed E-state index contributed by atoms with van der Waals surface area (Å²) in [6, 6.07) is -1.84. The molecule has 21 heavy (non-hydrogen) atoms. The van der Waals surface area contributed by atoms with Gasteiger partial charge in [0, 0.05) is 6.54 Å². The zero-order valence-corrected chi connectivity index (χ0v) is 12.4. The van der Waals surface area contributed by atoms with E-state index in [-0.39, 0.29) is 6.42 Å². The molecule has 0 aliphatic heterocycles. The van der Waals surface area contributed by atoms with Gasteiger partial charge in [0.05, 0.1) is 13.5 Å². The largest absolute Gasteiger partial charge is 0.480 e. The zero-order valence-electron chi connectivity index (χ0n) is 12.4. The van der Waals surface area contributed by atoms with Gasteiger partial charge in [-0.2, -0.15) is 0 Å². The monoisotopic (exact) mass is 300 g/mol. The fourth-order valence-corrected chi connectivity index (χ4v) is 2.55. The number of carbonyl (C=O) groups is 3. The Morgan fingerprint density at radius 3 is 2.52 bits per heavy atom. The maximum atomic E-state index is 11.6. The Bertz CT molecular complexity index is 366. The Hall–Kier alpha value is -1.79. The molecule has 1 rings (SSSR count). The summed E-state index contributed by atoms with van der Waals surface area (Å²) in [5.74, 6) is -1.17. The number of urea groups is 1. The molecule has 1 atom stereocenters. The third-order valence-electron chi connectivity index (χ3n) is 3.75. The van der Waals surface area contributed by atoms with E-state index in [1.165, 1.54) is 32.8 Å². The molecule has 120 valence electrons. The van der Waals surface area contributed by atoms with Gasteiger partial charge in [-0.3, -0.25) is 4.79 Å². The highest BCUT2D eigenvalue weighted by molar-refractivity contribution is 5.86. The number of nitrogens with one attached hydrogen (secondary N) is 2. The van der Waals surface area contributed by atoms with Crippen LogP contribution in [0.15, 0.2) is 0 Å². The van der Waals surface area contributed by atoms with Crippen LogP contribution < -0.4 is 10.6 Å². The summed E-state index contributed by atoms with van der Waals surface area (Å²) in [7, 11) is 1.17. The number of amides is 2. The molecule has 0 aromatic rings. The molecule has 1 aliphatic rings. The van der Waals surface area contributed by atoms with Crippen LogP contribution in [0.5, 0.6) is 0 Å². The Morgan fingerprint density at radius 1 is 1.29 bits per heavy atom. The summed E-state index contributed by atoms with van der Waals surface area (Å²) < 4.78 is 4.39. The molecular weight excluding hydrogens is 276 g/mol. The molecule has 0 heterocycles. The van der Waals surface area contributed by atoms with Crippen LogP contribution in [0.3, 0.4) is 0 Å². The van der Waals surface area contributed by atoms with Crippen molar-refractivity contribution in [3.8, 4) is 0 Å². The fraction of sp³-hybridized carbons (Fsp3) is 0.786. The van der Waals surface area contributed by atoms with E-state index < -0.39 is 24.0 Å². The lowest BCUT2D eigenvalue weighted by Gasteiger charge is -2.14. The average molecular weight is 300 g/mol. The van der Waals surface area contributed by atoms with Gasteiger partial charge in [-0.25, -0.2) is 9.59 Å².